The molecular weight excluding hydrogens is 194 g/mol. The molecule has 5 heteroatoms. The van der Waals surface area contributed by atoms with E-state index in [0.29, 0.717) is 12.5 Å². The normalized spacial score (nSPS) is 29.8. The number of hydrogen-bond donors (Lipinski definition) is 2. The zero-order chi connectivity index (χ0) is 10.8. The molecule has 2 fully saturated rings. The molecule has 1 aliphatic heterocycles. The van der Waals surface area contributed by atoms with Crippen molar-refractivity contribution in [1.29, 1.82) is 0 Å². The number of fused-ring (bicyclic) bond motifs is 1. The molecule has 5 nitrogen and oxygen atoms in total. The number of carbonyl (C=O) groups excluding carboxylic acids is 2. The van der Waals surface area contributed by atoms with Crippen LogP contribution in [0.3, 0.4) is 0 Å². The number of nitrogens with one attached hydrogen (secondary N) is 1. The molecule has 2 amide bonds. The fourth-order valence-corrected chi connectivity index (χ4v) is 2.90. The molecule has 0 aromatic carbocycles. The van der Waals surface area contributed by atoms with E-state index in [9.17, 15) is 9.59 Å². The highest BCUT2D eigenvalue weighted by Crippen LogP contribution is 2.36. The van der Waals surface area contributed by atoms with Crippen molar-refractivity contribution in [2.24, 2.45) is 11.8 Å². The Labute approximate surface area is 89.0 Å². The van der Waals surface area contributed by atoms with E-state index in [2.05, 4.69) is 0 Å². The SMILES string of the molecule is NNC(=O)C(=O)N1CCCC2CCCC21. The standard InChI is InChI=1S/C10H17N3O2/c11-12-9(14)10(15)13-6-2-4-7-3-1-5-8(7)13/h7-8H,1-6,11H2,(H,12,14). The topological polar surface area (TPSA) is 75.4 Å². The minimum Gasteiger partial charge on any atom is -0.331 e. The second-order valence-corrected chi connectivity index (χ2v) is 4.37. The van der Waals surface area contributed by atoms with E-state index in [4.69, 9.17) is 5.84 Å². The third kappa shape index (κ3) is 1.84. The molecule has 1 saturated heterocycles. The molecule has 1 saturated carbocycles. The second-order valence-electron chi connectivity index (χ2n) is 4.37. The summed E-state index contributed by atoms with van der Waals surface area (Å²) in [4.78, 5) is 24.6. The largest absolute Gasteiger partial charge is 0.331 e. The Morgan fingerprint density at radius 1 is 1.20 bits per heavy atom. The van der Waals surface area contributed by atoms with Crippen molar-refractivity contribution in [3.8, 4) is 0 Å². The molecule has 0 aromatic heterocycles. The quantitative estimate of drug-likeness (QED) is 0.251. The van der Waals surface area contributed by atoms with Crippen LogP contribution < -0.4 is 11.3 Å². The highest BCUT2D eigenvalue weighted by atomic mass is 16.2. The fourth-order valence-electron chi connectivity index (χ4n) is 2.90. The molecule has 2 unspecified atom stereocenters. The summed E-state index contributed by atoms with van der Waals surface area (Å²) in [6, 6.07) is 0.281. The molecule has 3 N–H and O–H groups in total. The Morgan fingerprint density at radius 2 is 1.93 bits per heavy atom. The minimum atomic E-state index is -0.692. The lowest BCUT2D eigenvalue weighted by molar-refractivity contribution is -0.149. The Kier molecular flexibility index (Phi) is 2.90. The molecule has 2 rings (SSSR count). The number of nitrogens with two attached hydrogens (primary N) is 1. The van der Waals surface area contributed by atoms with Gasteiger partial charge in [-0.15, -0.1) is 0 Å². The van der Waals surface area contributed by atoms with Gasteiger partial charge in [0.15, 0.2) is 0 Å². The number of piperidine rings is 1. The molecule has 1 aliphatic carbocycles. The highest BCUT2D eigenvalue weighted by molar-refractivity contribution is 6.34. The Balaban J connectivity index is 2.07. The third-order valence-electron chi connectivity index (χ3n) is 3.58. The van der Waals surface area contributed by atoms with Crippen molar-refractivity contribution >= 4 is 11.8 Å². The molecule has 0 radical (unpaired) electrons. The lowest BCUT2D eigenvalue weighted by atomic mass is 9.92. The van der Waals surface area contributed by atoms with Crippen LogP contribution in [-0.2, 0) is 9.59 Å². The summed E-state index contributed by atoms with van der Waals surface area (Å²) in [5.41, 5.74) is 1.91. The first kappa shape index (κ1) is 10.4. The van der Waals surface area contributed by atoms with Crippen LogP contribution in [0.1, 0.15) is 32.1 Å². The molecular formula is C10H17N3O2. The van der Waals surface area contributed by atoms with Crippen LogP contribution >= 0.6 is 0 Å². The fraction of sp³-hybridized carbons (Fsp3) is 0.800. The summed E-state index contributed by atoms with van der Waals surface area (Å²) >= 11 is 0. The average molecular weight is 211 g/mol. The van der Waals surface area contributed by atoms with E-state index in [1.54, 1.807) is 4.90 Å². The molecule has 0 spiro atoms. The second kappa shape index (κ2) is 4.18. The summed E-state index contributed by atoms with van der Waals surface area (Å²) in [6.07, 6.45) is 5.60. The summed E-state index contributed by atoms with van der Waals surface area (Å²) in [7, 11) is 0. The van der Waals surface area contributed by atoms with Crippen LogP contribution in [0.15, 0.2) is 0 Å². The monoisotopic (exact) mass is 211 g/mol. The summed E-state index contributed by atoms with van der Waals surface area (Å²) in [6.45, 7) is 0.702. The minimum absolute atomic E-state index is 0.281. The van der Waals surface area contributed by atoms with Gasteiger partial charge in [0.25, 0.3) is 0 Å². The van der Waals surface area contributed by atoms with Crippen LogP contribution in [-0.4, -0.2) is 29.3 Å². The Hall–Kier alpha value is -1.10. The highest BCUT2D eigenvalue weighted by Gasteiger charge is 2.38. The van der Waals surface area contributed by atoms with Gasteiger partial charge in [0, 0.05) is 12.6 Å². The number of nitrogens with zero attached hydrogens (tertiary/aromatic N) is 1. The van der Waals surface area contributed by atoms with Crippen LogP contribution in [0.5, 0.6) is 0 Å². The maximum atomic E-state index is 11.7. The van der Waals surface area contributed by atoms with E-state index >= 15 is 0 Å². The Morgan fingerprint density at radius 3 is 2.67 bits per heavy atom. The molecule has 15 heavy (non-hydrogen) atoms. The molecule has 0 bridgehead atoms. The molecule has 2 aliphatic rings. The van der Waals surface area contributed by atoms with Crippen molar-refractivity contribution in [2.45, 2.75) is 38.1 Å². The van der Waals surface area contributed by atoms with Crippen LogP contribution in [0.25, 0.3) is 0 Å². The van der Waals surface area contributed by atoms with Crippen molar-refractivity contribution in [2.75, 3.05) is 6.54 Å². The number of hydrogen-bond acceptors (Lipinski definition) is 3. The van der Waals surface area contributed by atoms with Gasteiger partial charge in [-0.05, 0) is 31.6 Å². The van der Waals surface area contributed by atoms with Crippen LogP contribution in [0, 0.1) is 5.92 Å². The lowest BCUT2D eigenvalue weighted by Crippen LogP contribution is -2.52. The van der Waals surface area contributed by atoms with Crippen molar-refractivity contribution in [3.63, 3.8) is 0 Å². The van der Waals surface area contributed by atoms with Gasteiger partial charge in [-0.2, -0.15) is 0 Å². The van der Waals surface area contributed by atoms with Gasteiger partial charge < -0.3 is 4.90 Å². The molecule has 84 valence electrons. The van der Waals surface area contributed by atoms with Gasteiger partial charge in [0.1, 0.15) is 0 Å². The number of carbonyl (C=O) groups is 2. The van der Waals surface area contributed by atoms with Gasteiger partial charge in [-0.25, -0.2) is 5.84 Å². The van der Waals surface area contributed by atoms with Crippen molar-refractivity contribution < 1.29 is 9.59 Å². The van der Waals surface area contributed by atoms with Gasteiger partial charge >= 0.3 is 11.8 Å². The van der Waals surface area contributed by atoms with Crippen molar-refractivity contribution in [1.82, 2.24) is 10.3 Å². The van der Waals surface area contributed by atoms with E-state index in [1.165, 1.54) is 19.3 Å². The third-order valence-corrected chi connectivity index (χ3v) is 3.58. The van der Waals surface area contributed by atoms with Gasteiger partial charge in [0.05, 0.1) is 0 Å². The molecule has 1 heterocycles. The molecule has 2 atom stereocenters. The maximum absolute atomic E-state index is 11.7. The zero-order valence-corrected chi connectivity index (χ0v) is 8.74. The predicted octanol–water partition coefficient (Wildman–Crippen LogP) is -0.233. The summed E-state index contributed by atoms with van der Waals surface area (Å²) in [5.74, 6) is 4.42. The first-order valence-corrected chi connectivity index (χ1v) is 5.55. The van der Waals surface area contributed by atoms with Crippen LogP contribution in [0.2, 0.25) is 0 Å². The number of amides is 2. The first-order chi connectivity index (χ1) is 7.24. The smallest absolute Gasteiger partial charge is 0.323 e. The number of rotatable bonds is 0. The number of likely N-dealkylation sites (tertiary alicyclic amines) is 1. The number of hydrazine groups is 1. The first-order valence-electron chi connectivity index (χ1n) is 5.55. The van der Waals surface area contributed by atoms with Gasteiger partial charge in [0.2, 0.25) is 0 Å². The predicted molar refractivity (Wildman–Crippen MR) is 54.4 cm³/mol. The Bertz CT molecular complexity index is 280. The summed E-state index contributed by atoms with van der Waals surface area (Å²) in [5, 5.41) is 0. The van der Waals surface area contributed by atoms with Gasteiger partial charge in [-0.1, -0.05) is 6.42 Å². The van der Waals surface area contributed by atoms with Crippen LogP contribution in [0.4, 0.5) is 0 Å². The average Bonchev–Trinajstić information content (AvgIpc) is 2.74. The van der Waals surface area contributed by atoms with E-state index in [1.807, 2.05) is 5.43 Å². The summed E-state index contributed by atoms with van der Waals surface area (Å²) < 4.78 is 0. The zero-order valence-electron chi connectivity index (χ0n) is 8.74. The van der Waals surface area contributed by atoms with Crippen molar-refractivity contribution in [3.05, 3.63) is 0 Å². The van der Waals surface area contributed by atoms with E-state index < -0.39 is 11.8 Å². The maximum Gasteiger partial charge on any atom is 0.323 e. The van der Waals surface area contributed by atoms with E-state index in [-0.39, 0.29) is 6.04 Å². The van der Waals surface area contributed by atoms with E-state index in [0.717, 1.165) is 12.8 Å². The lowest BCUT2D eigenvalue weighted by Gasteiger charge is -2.37. The molecule has 0 aromatic rings. The van der Waals surface area contributed by atoms with Gasteiger partial charge in [-0.3, -0.25) is 15.0 Å².